The summed E-state index contributed by atoms with van der Waals surface area (Å²) in [7, 11) is 0. The van der Waals surface area contributed by atoms with Gasteiger partial charge in [-0.15, -0.1) is 0 Å². The molecule has 0 aliphatic heterocycles. The summed E-state index contributed by atoms with van der Waals surface area (Å²) in [6, 6.07) is 9.33. The maximum Gasteiger partial charge on any atom is -0.00882 e. The lowest BCUT2D eigenvalue weighted by Gasteiger charge is -1.98. The van der Waals surface area contributed by atoms with Crippen molar-refractivity contribution in [3.05, 3.63) is 53.6 Å². The van der Waals surface area contributed by atoms with Crippen molar-refractivity contribution in [1.29, 1.82) is 0 Å². The van der Waals surface area contributed by atoms with Gasteiger partial charge in [-0.1, -0.05) is 42.5 Å². The third-order valence-corrected chi connectivity index (χ3v) is 1.83. The van der Waals surface area contributed by atoms with Crippen LogP contribution in [0.25, 0.3) is 6.08 Å². The molecule has 0 N–H and O–H groups in total. The molecule has 0 unspecified atom stereocenters. The molecule has 1 aromatic carbocycles. The maximum atomic E-state index is 3.20. The van der Waals surface area contributed by atoms with Gasteiger partial charge in [-0.25, -0.2) is 0 Å². The Morgan fingerprint density at radius 1 is 1.27 bits per heavy atom. The van der Waals surface area contributed by atoms with Crippen LogP contribution in [0, 0.1) is 6.07 Å². The topological polar surface area (TPSA) is 0 Å². The van der Waals surface area contributed by atoms with E-state index in [0.717, 1.165) is 6.42 Å². The van der Waals surface area contributed by atoms with E-state index in [0.29, 0.717) is 0 Å². The van der Waals surface area contributed by atoms with Gasteiger partial charge in [0.15, 0.2) is 0 Å². The van der Waals surface area contributed by atoms with E-state index >= 15 is 0 Å². The summed E-state index contributed by atoms with van der Waals surface area (Å²) >= 11 is 0. The van der Waals surface area contributed by atoms with Crippen LogP contribution in [0.5, 0.6) is 0 Å². The van der Waals surface area contributed by atoms with Crippen molar-refractivity contribution < 1.29 is 0 Å². The maximum absolute atomic E-state index is 3.20. The summed E-state index contributed by atoms with van der Waals surface area (Å²) in [4.78, 5) is 0. The van der Waals surface area contributed by atoms with Crippen LogP contribution in [-0.2, 0) is 6.42 Å². The first-order valence-corrected chi connectivity index (χ1v) is 3.79. The van der Waals surface area contributed by atoms with E-state index in [1.165, 1.54) is 11.1 Å². The summed E-state index contributed by atoms with van der Waals surface area (Å²) in [6.45, 7) is 0. The SMILES string of the molecule is [c]1cccc2c1C=CC=CC2. The smallest absolute Gasteiger partial charge is 0.00882 e. The molecule has 53 valence electrons. The number of fused-ring (bicyclic) bond motifs is 1. The molecule has 0 amide bonds. The molecular formula is C11H9. The normalized spacial score (nSPS) is 14.2. The third kappa shape index (κ3) is 1.25. The van der Waals surface area contributed by atoms with Gasteiger partial charge in [0.2, 0.25) is 0 Å². The van der Waals surface area contributed by atoms with Gasteiger partial charge in [0.1, 0.15) is 0 Å². The molecule has 1 aliphatic carbocycles. The Kier molecular flexibility index (Phi) is 1.60. The van der Waals surface area contributed by atoms with Crippen molar-refractivity contribution in [1.82, 2.24) is 0 Å². The monoisotopic (exact) mass is 141 g/mol. The lowest BCUT2D eigenvalue weighted by Crippen LogP contribution is -1.83. The van der Waals surface area contributed by atoms with E-state index in [9.17, 15) is 0 Å². The van der Waals surface area contributed by atoms with Gasteiger partial charge in [-0.3, -0.25) is 0 Å². The Bertz CT molecular complexity index is 306. The lowest BCUT2D eigenvalue weighted by molar-refractivity contribution is 1.26. The fourth-order valence-corrected chi connectivity index (χ4v) is 1.24. The van der Waals surface area contributed by atoms with Gasteiger partial charge in [-0.05, 0) is 23.6 Å². The molecule has 0 saturated heterocycles. The van der Waals surface area contributed by atoms with Crippen LogP contribution in [0.1, 0.15) is 11.1 Å². The predicted octanol–water partition coefficient (Wildman–Crippen LogP) is 2.61. The Balaban J connectivity index is 2.52. The van der Waals surface area contributed by atoms with Crippen molar-refractivity contribution in [2.75, 3.05) is 0 Å². The van der Waals surface area contributed by atoms with E-state index in [4.69, 9.17) is 0 Å². The molecule has 0 fully saturated rings. The quantitative estimate of drug-likeness (QED) is 0.521. The largest absolute Gasteiger partial charge is 0.0801 e. The molecule has 0 aromatic heterocycles. The Hall–Kier alpha value is -1.30. The molecule has 0 saturated carbocycles. The van der Waals surface area contributed by atoms with Crippen LogP contribution in [-0.4, -0.2) is 0 Å². The first kappa shape index (κ1) is 6.41. The van der Waals surface area contributed by atoms with E-state index in [1.54, 1.807) is 0 Å². The molecule has 0 bridgehead atoms. The number of hydrogen-bond acceptors (Lipinski definition) is 0. The Morgan fingerprint density at radius 2 is 2.27 bits per heavy atom. The van der Waals surface area contributed by atoms with Crippen LogP contribution in [0.15, 0.2) is 36.4 Å². The minimum Gasteiger partial charge on any atom is -0.0801 e. The number of rotatable bonds is 0. The highest BCUT2D eigenvalue weighted by molar-refractivity contribution is 5.56. The first-order valence-electron chi connectivity index (χ1n) is 3.79. The van der Waals surface area contributed by atoms with Crippen molar-refractivity contribution in [3.8, 4) is 0 Å². The fourth-order valence-electron chi connectivity index (χ4n) is 1.24. The van der Waals surface area contributed by atoms with Gasteiger partial charge in [0.05, 0.1) is 0 Å². The second-order valence-electron chi connectivity index (χ2n) is 2.60. The van der Waals surface area contributed by atoms with Crippen molar-refractivity contribution in [2.45, 2.75) is 6.42 Å². The average Bonchev–Trinajstić information content (AvgIpc) is 2.28. The van der Waals surface area contributed by atoms with Crippen molar-refractivity contribution >= 4 is 6.08 Å². The van der Waals surface area contributed by atoms with Crippen LogP contribution in [0.2, 0.25) is 0 Å². The number of benzene rings is 1. The summed E-state index contributed by atoms with van der Waals surface area (Å²) in [5.74, 6) is 0. The summed E-state index contributed by atoms with van der Waals surface area (Å²) in [5, 5.41) is 0. The highest BCUT2D eigenvalue weighted by Gasteiger charge is 1.97. The zero-order valence-electron chi connectivity index (χ0n) is 6.25. The molecule has 0 nitrogen and oxygen atoms in total. The summed E-state index contributed by atoms with van der Waals surface area (Å²) in [6.07, 6.45) is 9.42. The third-order valence-electron chi connectivity index (χ3n) is 1.83. The van der Waals surface area contributed by atoms with Gasteiger partial charge in [0, 0.05) is 0 Å². The van der Waals surface area contributed by atoms with Crippen molar-refractivity contribution in [3.63, 3.8) is 0 Å². The molecule has 1 aliphatic rings. The number of hydrogen-bond donors (Lipinski definition) is 0. The van der Waals surface area contributed by atoms with E-state index < -0.39 is 0 Å². The Morgan fingerprint density at radius 3 is 3.27 bits per heavy atom. The van der Waals surface area contributed by atoms with E-state index in [1.807, 2.05) is 12.1 Å². The highest BCUT2D eigenvalue weighted by Crippen LogP contribution is 2.13. The second kappa shape index (κ2) is 2.75. The molecule has 0 atom stereocenters. The summed E-state index contributed by atoms with van der Waals surface area (Å²) < 4.78 is 0. The molecule has 0 heterocycles. The lowest BCUT2D eigenvalue weighted by atomic mass is 10.1. The number of allylic oxidation sites excluding steroid dienone is 3. The van der Waals surface area contributed by atoms with Gasteiger partial charge in [-0.2, -0.15) is 0 Å². The summed E-state index contributed by atoms with van der Waals surface area (Å²) in [5.41, 5.74) is 2.58. The minimum atomic E-state index is 1.03. The fraction of sp³-hybridized carbons (Fsp3) is 0.0909. The Labute approximate surface area is 66.9 Å². The first-order chi connectivity index (χ1) is 5.47. The zero-order valence-corrected chi connectivity index (χ0v) is 6.25. The molecule has 1 radical (unpaired) electrons. The van der Waals surface area contributed by atoms with Crippen LogP contribution in [0.3, 0.4) is 0 Å². The van der Waals surface area contributed by atoms with Crippen molar-refractivity contribution in [2.24, 2.45) is 0 Å². The van der Waals surface area contributed by atoms with Crippen LogP contribution >= 0.6 is 0 Å². The predicted molar refractivity (Wildman–Crippen MR) is 47.2 cm³/mol. The molecule has 11 heavy (non-hydrogen) atoms. The highest BCUT2D eigenvalue weighted by atomic mass is 14.0. The van der Waals surface area contributed by atoms with Gasteiger partial charge in [0.25, 0.3) is 0 Å². The van der Waals surface area contributed by atoms with Gasteiger partial charge >= 0.3 is 0 Å². The second-order valence-corrected chi connectivity index (χ2v) is 2.60. The standard InChI is InChI=1S/C11H9/c1-2-6-10-8-4-5-9-11(10)7-3-1/h1-6,9H,7H2. The zero-order chi connectivity index (χ0) is 7.52. The molecule has 2 rings (SSSR count). The van der Waals surface area contributed by atoms with Crippen LogP contribution < -0.4 is 0 Å². The molecule has 0 heteroatoms. The molecule has 0 spiro atoms. The average molecular weight is 141 g/mol. The van der Waals surface area contributed by atoms with Crippen LogP contribution in [0.4, 0.5) is 0 Å². The molecular weight excluding hydrogens is 132 g/mol. The van der Waals surface area contributed by atoms with E-state index in [2.05, 4.69) is 36.4 Å². The molecule has 1 aromatic rings. The van der Waals surface area contributed by atoms with Gasteiger partial charge < -0.3 is 0 Å². The van der Waals surface area contributed by atoms with E-state index in [-0.39, 0.29) is 0 Å². The minimum absolute atomic E-state index is 1.03.